The van der Waals surface area contributed by atoms with Crippen LogP contribution in [-0.4, -0.2) is 18.1 Å². The van der Waals surface area contributed by atoms with Gasteiger partial charge in [0.25, 0.3) is 0 Å². The summed E-state index contributed by atoms with van der Waals surface area (Å²) < 4.78 is 0. The number of nitrogens with one attached hydrogen (secondary N) is 1. The zero-order valence-electron chi connectivity index (χ0n) is 11.8. The molecule has 0 aliphatic rings. The lowest BCUT2D eigenvalue weighted by Crippen LogP contribution is -2.21. The van der Waals surface area contributed by atoms with Crippen LogP contribution in [-0.2, 0) is 6.54 Å². The highest BCUT2D eigenvalue weighted by Gasteiger charge is 2.08. The van der Waals surface area contributed by atoms with Gasteiger partial charge in [-0.1, -0.05) is 12.1 Å². The number of aromatic nitrogens is 1. The first kappa shape index (κ1) is 13.9. The summed E-state index contributed by atoms with van der Waals surface area (Å²) in [6.07, 6.45) is 1.97. The second kappa shape index (κ2) is 6.57. The normalized spacial score (nSPS) is 10.5. The summed E-state index contributed by atoms with van der Waals surface area (Å²) in [6, 6.07) is 8.65. The van der Waals surface area contributed by atoms with Crippen LogP contribution in [0.4, 0.5) is 10.8 Å². The Balaban J connectivity index is 2.09. The fraction of sp³-hybridized carbons (Fsp3) is 0.400. The second-order valence-electron chi connectivity index (χ2n) is 4.52. The van der Waals surface area contributed by atoms with Gasteiger partial charge in [0.2, 0.25) is 0 Å². The molecule has 0 aliphatic heterocycles. The molecule has 2 rings (SSSR count). The largest absolute Gasteiger partial charge is 0.367 e. The summed E-state index contributed by atoms with van der Waals surface area (Å²) in [5, 5.41) is 4.27. The molecular weight excluding hydrogens is 254 g/mol. The number of thiazole rings is 1. The SMILES string of the molecule is CCNc1ncc(CN(CC)c2cccc(C)c2)s1. The Kier molecular flexibility index (Phi) is 4.80. The van der Waals surface area contributed by atoms with E-state index in [9.17, 15) is 0 Å². The summed E-state index contributed by atoms with van der Waals surface area (Å²) in [5.41, 5.74) is 2.58. The standard InChI is InChI=1S/C15H21N3S/c1-4-16-15-17-10-14(19-15)11-18(5-2)13-8-6-7-12(3)9-13/h6-10H,4-5,11H2,1-3H3,(H,16,17). The zero-order valence-corrected chi connectivity index (χ0v) is 12.6. The van der Waals surface area contributed by atoms with Gasteiger partial charge in [-0.2, -0.15) is 0 Å². The van der Waals surface area contributed by atoms with E-state index in [4.69, 9.17) is 0 Å². The van der Waals surface area contributed by atoms with Gasteiger partial charge in [-0.3, -0.25) is 0 Å². The molecule has 4 heteroatoms. The van der Waals surface area contributed by atoms with Crippen molar-refractivity contribution < 1.29 is 0 Å². The van der Waals surface area contributed by atoms with E-state index in [2.05, 4.69) is 60.2 Å². The van der Waals surface area contributed by atoms with Crippen LogP contribution in [0.5, 0.6) is 0 Å². The molecule has 0 spiro atoms. The first-order chi connectivity index (χ1) is 9.22. The monoisotopic (exact) mass is 275 g/mol. The highest BCUT2D eigenvalue weighted by Crippen LogP contribution is 2.23. The lowest BCUT2D eigenvalue weighted by atomic mass is 10.2. The van der Waals surface area contributed by atoms with Gasteiger partial charge in [0.1, 0.15) is 0 Å². The number of anilines is 2. The third-order valence-corrected chi connectivity index (χ3v) is 3.92. The maximum absolute atomic E-state index is 4.39. The molecule has 0 radical (unpaired) electrons. The number of benzene rings is 1. The van der Waals surface area contributed by atoms with Crippen LogP contribution in [0, 0.1) is 6.92 Å². The smallest absolute Gasteiger partial charge is 0.182 e. The Labute approximate surface area is 119 Å². The summed E-state index contributed by atoms with van der Waals surface area (Å²) in [5.74, 6) is 0. The first-order valence-corrected chi connectivity index (χ1v) is 7.54. The van der Waals surface area contributed by atoms with Crippen LogP contribution >= 0.6 is 11.3 Å². The summed E-state index contributed by atoms with van der Waals surface area (Å²) in [4.78, 5) is 8.05. The molecule has 19 heavy (non-hydrogen) atoms. The van der Waals surface area contributed by atoms with Crippen LogP contribution in [0.3, 0.4) is 0 Å². The molecule has 0 saturated heterocycles. The lowest BCUT2D eigenvalue weighted by Gasteiger charge is -2.22. The lowest BCUT2D eigenvalue weighted by molar-refractivity contribution is 0.840. The minimum Gasteiger partial charge on any atom is -0.367 e. The summed E-state index contributed by atoms with van der Waals surface area (Å²) in [6.45, 7) is 9.25. The number of rotatable bonds is 6. The Morgan fingerprint density at radius 1 is 1.32 bits per heavy atom. The Hall–Kier alpha value is -1.55. The van der Waals surface area contributed by atoms with Crippen molar-refractivity contribution in [3.63, 3.8) is 0 Å². The van der Waals surface area contributed by atoms with Crippen LogP contribution < -0.4 is 10.2 Å². The summed E-state index contributed by atoms with van der Waals surface area (Å²) >= 11 is 1.74. The molecule has 0 amide bonds. The van der Waals surface area contributed by atoms with E-state index in [1.165, 1.54) is 16.1 Å². The maximum Gasteiger partial charge on any atom is 0.182 e. The highest BCUT2D eigenvalue weighted by molar-refractivity contribution is 7.15. The quantitative estimate of drug-likeness (QED) is 0.866. The molecule has 3 nitrogen and oxygen atoms in total. The van der Waals surface area contributed by atoms with E-state index in [1.807, 2.05) is 6.20 Å². The fourth-order valence-electron chi connectivity index (χ4n) is 2.01. The van der Waals surface area contributed by atoms with Crippen LogP contribution in [0.1, 0.15) is 24.3 Å². The van der Waals surface area contributed by atoms with E-state index >= 15 is 0 Å². The minimum atomic E-state index is 0.919. The number of hydrogen-bond donors (Lipinski definition) is 1. The molecule has 0 bridgehead atoms. The predicted octanol–water partition coefficient (Wildman–Crippen LogP) is 3.91. The van der Waals surface area contributed by atoms with Gasteiger partial charge < -0.3 is 10.2 Å². The molecule has 0 fully saturated rings. The number of nitrogens with zero attached hydrogens (tertiary/aromatic N) is 2. The highest BCUT2D eigenvalue weighted by atomic mass is 32.1. The molecule has 0 atom stereocenters. The molecule has 0 unspecified atom stereocenters. The van der Waals surface area contributed by atoms with Crippen molar-refractivity contribution in [2.75, 3.05) is 23.3 Å². The minimum absolute atomic E-state index is 0.919. The fourth-order valence-corrected chi connectivity index (χ4v) is 2.91. The third-order valence-electron chi connectivity index (χ3n) is 2.98. The van der Waals surface area contributed by atoms with Gasteiger partial charge in [0, 0.05) is 29.9 Å². The Morgan fingerprint density at radius 2 is 2.16 bits per heavy atom. The van der Waals surface area contributed by atoms with E-state index < -0.39 is 0 Å². The van der Waals surface area contributed by atoms with Crippen LogP contribution in [0.25, 0.3) is 0 Å². The van der Waals surface area contributed by atoms with Gasteiger partial charge in [-0.25, -0.2) is 4.98 Å². The van der Waals surface area contributed by atoms with Crippen molar-refractivity contribution in [3.8, 4) is 0 Å². The average Bonchev–Trinajstić information content (AvgIpc) is 2.84. The topological polar surface area (TPSA) is 28.2 Å². The summed E-state index contributed by atoms with van der Waals surface area (Å²) in [7, 11) is 0. The van der Waals surface area contributed by atoms with Gasteiger partial charge in [-0.05, 0) is 38.5 Å². The van der Waals surface area contributed by atoms with Crippen molar-refractivity contribution in [1.29, 1.82) is 0 Å². The van der Waals surface area contributed by atoms with E-state index in [1.54, 1.807) is 11.3 Å². The molecule has 1 aromatic carbocycles. The molecule has 1 N–H and O–H groups in total. The van der Waals surface area contributed by atoms with Gasteiger partial charge in [-0.15, -0.1) is 11.3 Å². The predicted molar refractivity (Wildman–Crippen MR) is 84.2 cm³/mol. The molecule has 2 aromatic rings. The Bertz CT molecular complexity index is 522. The maximum atomic E-state index is 4.39. The zero-order chi connectivity index (χ0) is 13.7. The van der Waals surface area contributed by atoms with Gasteiger partial charge in [0.15, 0.2) is 5.13 Å². The van der Waals surface area contributed by atoms with Crippen molar-refractivity contribution in [3.05, 3.63) is 40.9 Å². The van der Waals surface area contributed by atoms with E-state index in [-0.39, 0.29) is 0 Å². The van der Waals surface area contributed by atoms with E-state index in [0.717, 1.165) is 24.8 Å². The Morgan fingerprint density at radius 3 is 2.84 bits per heavy atom. The molecular formula is C15H21N3S. The van der Waals surface area contributed by atoms with Gasteiger partial charge in [0.05, 0.1) is 6.54 Å². The third kappa shape index (κ3) is 3.70. The van der Waals surface area contributed by atoms with Gasteiger partial charge >= 0.3 is 0 Å². The molecule has 1 aromatic heterocycles. The van der Waals surface area contributed by atoms with Crippen LogP contribution in [0.2, 0.25) is 0 Å². The van der Waals surface area contributed by atoms with E-state index in [0.29, 0.717) is 0 Å². The van der Waals surface area contributed by atoms with Crippen molar-refractivity contribution in [2.45, 2.75) is 27.3 Å². The first-order valence-electron chi connectivity index (χ1n) is 6.73. The molecule has 102 valence electrons. The van der Waals surface area contributed by atoms with Crippen molar-refractivity contribution in [1.82, 2.24) is 4.98 Å². The number of aryl methyl sites for hydroxylation is 1. The molecule has 0 saturated carbocycles. The molecule has 1 heterocycles. The number of hydrogen-bond acceptors (Lipinski definition) is 4. The molecule has 0 aliphatic carbocycles. The average molecular weight is 275 g/mol. The van der Waals surface area contributed by atoms with Crippen molar-refractivity contribution in [2.24, 2.45) is 0 Å². The van der Waals surface area contributed by atoms with Crippen molar-refractivity contribution >= 4 is 22.2 Å². The second-order valence-corrected chi connectivity index (χ2v) is 5.63. The van der Waals surface area contributed by atoms with Crippen LogP contribution in [0.15, 0.2) is 30.5 Å².